The second kappa shape index (κ2) is 10.5. The van der Waals surface area contributed by atoms with E-state index in [9.17, 15) is 0 Å². The van der Waals surface area contributed by atoms with E-state index in [0.717, 1.165) is 49.8 Å². The van der Waals surface area contributed by atoms with E-state index in [2.05, 4.69) is 69.3 Å². The van der Waals surface area contributed by atoms with Crippen LogP contribution in [0.2, 0.25) is 10.0 Å². The van der Waals surface area contributed by atoms with Crippen molar-refractivity contribution in [2.45, 2.75) is 31.7 Å². The summed E-state index contributed by atoms with van der Waals surface area (Å²) >= 11 is 18.2. The molecule has 1 fully saturated rings. The van der Waals surface area contributed by atoms with Crippen LogP contribution in [0.3, 0.4) is 0 Å². The number of halogens is 3. The Morgan fingerprint density at radius 3 is 2.44 bits per heavy atom. The molecule has 0 spiro atoms. The maximum atomic E-state index is 6.74. The lowest BCUT2D eigenvalue weighted by Crippen LogP contribution is -2.08. The van der Waals surface area contributed by atoms with Crippen molar-refractivity contribution in [3.63, 3.8) is 0 Å². The topological polar surface area (TPSA) is 74.3 Å². The normalized spacial score (nSPS) is 14.0. The second-order valence-corrected chi connectivity index (χ2v) is 12.9. The summed E-state index contributed by atoms with van der Waals surface area (Å²) in [6.07, 6.45) is 5.33. The predicted octanol–water partition coefficient (Wildman–Crippen LogP) is 8.16. The smallest absolute Gasteiger partial charge is 0.168 e. The molecule has 0 radical (unpaired) electrons. The number of nitrogens with zero attached hydrogens (tertiary/aromatic N) is 7. The lowest BCUT2D eigenvalue weighted by Gasteiger charge is -2.12. The monoisotopic (exact) mass is 661 g/mol. The minimum absolute atomic E-state index is 0.0910. The molecule has 3 heterocycles. The molecule has 1 aliphatic carbocycles. The van der Waals surface area contributed by atoms with Crippen molar-refractivity contribution < 1.29 is 0 Å². The van der Waals surface area contributed by atoms with Crippen molar-refractivity contribution >= 4 is 50.5 Å². The third-order valence-electron chi connectivity index (χ3n) is 7.42. The minimum atomic E-state index is -0.0910. The second-order valence-electron chi connectivity index (χ2n) is 10.1. The van der Waals surface area contributed by atoms with Crippen LogP contribution in [0.1, 0.15) is 34.5 Å². The molecule has 41 heavy (non-hydrogen) atoms. The van der Waals surface area contributed by atoms with Crippen molar-refractivity contribution in [2.75, 3.05) is 0 Å². The Balaban J connectivity index is 1.43. The van der Waals surface area contributed by atoms with Crippen LogP contribution in [0.15, 0.2) is 83.9 Å². The highest BCUT2D eigenvalue weighted by atomic mass is 79.9. The summed E-state index contributed by atoms with van der Waals surface area (Å²) in [4.78, 5) is 4.17. The molecule has 7 rings (SSSR count). The van der Waals surface area contributed by atoms with Crippen molar-refractivity contribution in [3.8, 4) is 27.6 Å². The van der Waals surface area contributed by atoms with E-state index >= 15 is 0 Å². The Labute approximate surface area is 258 Å². The Hall–Kier alpha value is -3.37. The first kappa shape index (κ1) is 26.5. The number of aryl methyl sites for hydroxylation is 1. The molecule has 1 saturated carbocycles. The minimum Gasteiger partial charge on any atom is -0.248 e. The molecule has 11 heteroatoms. The molecule has 0 N–H and O–H groups in total. The summed E-state index contributed by atoms with van der Waals surface area (Å²) in [5, 5.41) is 21.8. The van der Waals surface area contributed by atoms with Gasteiger partial charge in [0.05, 0.1) is 22.9 Å². The molecule has 0 amide bonds. The highest BCUT2D eigenvalue weighted by Crippen LogP contribution is 2.55. The van der Waals surface area contributed by atoms with Gasteiger partial charge in [0.15, 0.2) is 5.01 Å². The fraction of sp³-hybridized carbons (Fsp3) is 0.167. The number of rotatable bonds is 7. The lowest BCUT2D eigenvalue weighted by atomic mass is 9.96. The Kier molecular flexibility index (Phi) is 6.78. The number of hydrogen-bond acceptors (Lipinski definition) is 6. The van der Waals surface area contributed by atoms with Gasteiger partial charge in [-0.2, -0.15) is 10.2 Å². The number of hydrogen-bond donors (Lipinski definition) is 0. The first-order valence-corrected chi connectivity index (χ1v) is 15.3. The quantitative estimate of drug-likeness (QED) is 0.172. The molecule has 0 bridgehead atoms. The van der Waals surface area contributed by atoms with Crippen LogP contribution >= 0.6 is 50.5 Å². The van der Waals surface area contributed by atoms with E-state index in [1.807, 2.05) is 28.9 Å². The molecule has 0 aliphatic heterocycles. The van der Waals surface area contributed by atoms with E-state index in [-0.39, 0.29) is 5.41 Å². The average Bonchev–Trinajstić information content (AvgIpc) is 3.29. The average molecular weight is 663 g/mol. The fourth-order valence-electron chi connectivity index (χ4n) is 5.12. The van der Waals surface area contributed by atoms with Gasteiger partial charge in [-0.05, 0) is 55.7 Å². The van der Waals surface area contributed by atoms with Gasteiger partial charge in [0.2, 0.25) is 0 Å². The molecule has 0 unspecified atom stereocenters. The van der Waals surface area contributed by atoms with E-state index in [4.69, 9.17) is 38.5 Å². The van der Waals surface area contributed by atoms with Crippen LogP contribution in [0.5, 0.6) is 0 Å². The summed E-state index contributed by atoms with van der Waals surface area (Å²) in [7, 11) is 0. The van der Waals surface area contributed by atoms with Gasteiger partial charge in [-0.3, -0.25) is 0 Å². The molecular formula is C30H22BrCl2N7S. The van der Waals surface area contributed by atoms with Gasteiger partial charge < -0.3 is 0 Å². The number of benzene rings is 3. The molecule has 6 aromatic rings. The van der Waals surface area contributed by atoms with Crippen LogP contribution < -0.4 is 0 Å². The standard InChI is InChI=1S/C30H22BrCl2N7S/c1-18-2-6-20(7-3-18)30(12-13-30)29-37-36-28(41-29)26-23(15-39-17-34-16-35-39)27(19-4-8-21(31)9-5-19)40(38-26)25-11-10-22(32)14-24(25)33/h2-11,14,16-17H,12-13,15H2,1H3. The van der Waals surface area contributed by atoms with E-state index in [1.54, 1.807) is 28.4 Å². The largest absolute Gasteiger partial charge is 0.248 e. The summed E-state index contributed by atoms with van der Waals surface area (Å²) < 4.78 is 4.64. The van der Waals surface area contributed by atoms with E-state index in [1.165, 1.54) is 17.5 Å². The zero-order valence-corrected chi connectivity index (χ0v) is 25.7. The van der Waals surface area contributed by atoms with Crippen LogP contribution in [0, 0.1) is 6.92 Å². The summed E-state index contributed by atoms with van der Waals surface area (Å²) in [6, 6.07) is 22.3. The first-order valence-electron chi connectivity index (χ1n) is 13.0. The van der Waals surface area contributed by atoms with Gasteiger partial charge in [-0.15, -0.1) is 10.2 Å². The summed E-state index contributed by atoms with van der Waals surface area (Å²) in [5.74, 6) is 0. The molecule has 7 nitrogen and oxygen atoms in total. The van der Waals surface area contributed by atoms with Crippen molar-refractivity contribution in [1.29, 1.82) is 0 Å². The third kappa shape index (κ3) is 4.91. The Bertz CT molecular complexity index is 1860. The molecule has 0 saturated heterocycles. The zero-order chi connectivity index (χ0) is 28.1. The molecule has 3 aromatic heterocycles. The lowest BCUT2D eigenvalue weighted by molar-refractivity contribution is 0.686. The van der Waals surface area contributed by atoms with Gasteiger partial charge in [0.25, 0.3) is 0 Å². The fourth-order valence-corrected chi connectivity index (χ4v) is 6.99. The van der Waals surface area contributed by atoms with Crippen LogP contribution in [0.25, 0.3) is 27.6 Å². The first-order chi connectivity index (χ1) is 19.9. The van der Waals surface area contributed by atoms with Crippen molar-refractivity contribution in [3.05, 3.63) is 116 Å². The maximum absolute atomic E-state index is 6.74. The van der Waals surface area contributed by atoms with Crippen molar-refractivity contribution in [1.82, 2.24) is 34.7 Å². The highest BCUT2D eigenvalue weighted by molar-refractivity contribution is 9.10. The van der Waals surface area contributed by atoms with Crippen LogP contribution in [0.4, 0.5) is 0 Å². The summed E-state index contributed by atoms with van der Waals surface area (Å²) in [5.41, 5.74) is 6.66. The van der Waals surface area contributed by atoms with Gasteiger partial charge >= 0.3 is 0 Å². The van der Waals surface area contributed by atoms with Crippen molar-refractivity contribution in [2.24, 2.45) is 0 Å². The third-order valence-corrected chi connectivity index (χ3v) is 9.62. The molecule has 0 atom stereocenters. The predicted molar refractivity (Wildman–Crippen MR) is 166 cm³/mol. The Morgan fingerprint density at radius 1 is 0.976 bits per heavy atom. The Morgan fingerprint density at radius 2 is 1.76 bits per heavy atom. The SMILES string of the molecule is Cc1ccc(C2(c3nnc(-c4nn(-c5ccc(Cl)cc5Cl)c(-c5ccc(Br)cc5)c4Cn4cncn4)s3)CC2)cc1. The number of aromatic nitrogens is 7. The molecular weight excluding hydrogens is 641 g/mol. The molecule has 204 valence electrons. The van der Waals surface area contributed by atoms with Gasteiger partial charge in [0, 0.05) is 26.0 Å². The van der Waals surface area contributed by atoms with Gasteiger partial charge in [0.1, 0.15) is 23.4 Å². The van der Waals surface area contributed by atoms with E-state index < -0.39 is 0 Å². The van der Waals surface area contributed by atoms with E-state index in [0.29, 0.717) is 22.3 Å². The summed E-state index contributed by atoms with van der Waals surface area (Å²) in [6.45, 7) is 2.54. The zero-order valence-electron chi connectivity index (χ0n) is 21.8. The molecule has 1 aliphatic rings. The maximum Gasteiger partial charge on any atom is 0.168 e. The van der Waals surface area contributed by atoms with Gasteiger partial charge in [-0.25, -0.2) is 14.3 Å². The highest BCUT2D eigenvalue weighted by Gasteiger charge is 2.49. The van der Waals surface area contributed by atoms with Crippen LogP contribution in [-0.2, 0) is 12.0 Å². The molecule has 3 aromatic carbocycles. The van der Waals surface area contributed by atoms with Crippen LogP contribution in [-0.4, -0.2) is 34.7 Å². The van der Waals surface area contributed by atoms with Gasteiger partial charge in [-0.1, -0.05) is 92.4 Å².